The Balaban J connectivity index is 1.85. The van der Waals surface area contributed by atoms with Gasteiger partial charge < -0.3 is 14.7 Å². The third-order valence-electron chi connectivity index (χ3n) is 4.29. The monoisotopic (exact) mass is 306 g/mol. The summed E-state index contributed by atoms with van der Waals surface area (Å²) in [4.78, 5) is 4.63. The summed E-state index contributed by atoms with van der Waals surface area (Å²) in [5, 5.41) is 10.2. The summed E-state index contributed by atoms with van der Waals surface area (Å²) in [5.41, 5.74) is 2.39. The van der Waals surface area contributed by atoms with Gasteiger partial charge in [-0.15, -0.1) is 0 Å². The first-order chi connectivity index (χ1) is 10.5. The fourth-order valence-corrected chi connectivity index (χ4v) is 2.81. The molecular weight excluding hydrogens is 276 g/mol. The highest BCUT2D eigenvalue weighted by Crippen LogP contribution is 2.27. The van der Waals surface area contributed by atoms with Crippen molar-refractivity contribution < 1.29 is 9.84 Å². The molecule has 124 valence electrons. The predicted molar refractivity (Wildman–Crippen MR) is 90.7 cm³/mol. The van der Waals surface area contributed by atoms with E-state index in [4.69, 9.17) is 4.74 Å². The molecule has 0 bridgehead atoms. The highest BCUT2D eigenvalue weighted by atomic mass is 16.5. The largest absolute Gasteiger partial charge is 0.491 e. The van der Waals surface area contributed by atoms with Gasteiger partial charge in [0.25, 0.3) is 0 Å². The minimum Gasteiger partial charge on any atom is -0.491 e. The maximum absolute atomic E-state index is 10.2. The third-order valence-corrected chi connectivity index (χ3v) is 4.29. The lowest BCUT2D eigenvalue weighted by Crippen LogP contribution is -2.47. The standard InChI is InChI=1S/C18H30N2O2/c1-14(2)17-6-5-15(3)11-18(17)22-13-16(21)12-20-9-7-19(4)8-10-20/h5-6,11,14,16,21H,7-10,12-13H2,1-4H3/t16-/m1/s1. The van der Waals surface area contributed by atoms with Gasteiger partial charge in [0, 0.05) is 32.7 Å². The molecule has 1 fully saturated rings. The van der Waals surface area contributed by atoms with E-state index in [0.29, 0.717) is 19.1 Å². The Kier molecular flexibility index (Phi) is 6.24. The highest BCUT2D eigenvalue weighted by molar-refractivity contribution is 5.39. The third kappa shape index (κ3) is 4.97. The molecule has 1 heterocycles. The van der Waals surface area contributed by atoms with Crippen LogP contribution in [-0.4, -0.2) is 67.4 Å². The van der Waals surface area contributed by atoms with Gasteiger partial charge in [-0.25, -0.2) is 0 Å². The molecule has 1 aliphatic rings. The molecule has 1 saturated heterocycles. The van der Waals surface area contributed by atoms with E-state index < -0.39 is 6.10 Å². The molecule has 4 nitrogen and oxygen atoms in total. The summed E-state index contributed by atoms with van der Waals surface area (Å²) in [5.74, 6) is 1.33. The van der Waals surface area contributed by atoms with E-state index in [1.807, 2.05) is 0 Å². The first kappa shape index (κ1) is 17.3. The molecule has 0 aliphatic carbocycles. The molecule has 1 aromatic rings. The molecule has 1 aromatic carbocycles. The quantitative estimate of drug-likeness (QED) is 0.873. The Labute approximate surface area is 134 Å². The molecule has 0 spiro atoms. The molecule has 0 radical (unpaired) electrons. The number of ether oxygens (including phenoxy) is 1. The van der Waals surface area contributed by atoms with E-state index in [-0.39, 0.29) is 0 Å². The number of benzene rings is 1. The Morgan fingerprint density at radius 3 is 2.50 bits per heavy atom. The molecule has 22 heavy (non-hydrogen) atoms. The summed E-state index contributed by atoms with van der Waals surface area (Å²) in [6.45, 7) is 11.6. The maximum Gasteiger partial charge on any atom is 0.123 e. The number of β-amino-alcohol motifs (C(OH)–C–C–N with tert-alkyl or cyclic N) is 1. The van der Waals surface area contributed by atoms with Crippen LogP contribution in [0.2, 0.25) is 0 Å². The average molecular weight is 306 g/mol. The van der Waals surface area contributed by atoms with Crippen LogP contribution in [0.1, 0.15) is 30.9 Å². The normalized spacial score (nSPS) is 18.6. The number of rotatable bonds is 6. The van der Waals surface area contributed by atoms with Crippen molar-refractivity contribution in [1.82, 2.24) is 9.80 Å². The van der Waals surface area contributed by atoms with Gasteiger partial charge in [0.1, 0.15) is 18.5 Å². The van der Waals surface area contributed by atoms with E-state index in [0.717, 1.165) is 31.9 Å². The number of likely N-dealkylation sites (N-methyl/N-ethyl adjacent to an activating group) is 1. The van der Waals surface area contributed by atoms with E-state index in [9.17, 15) is 5.11 Å². The molecule has 0 saturated carbocycles. The summed E-state index contributed by atoms with van der Waals surface area (Å²) in [6.07, 6.45) is -0.441. The van der Waals surface area contributed by atoms with Gasteiger partial charge in [-0.3, -0.25) is 4.90 Å². The number of hydrogen-bond acceptors (Lipinski definition) is 4. The van der Waals surface area contributed by atoms with Crippen molar-refractivity contribution in [3.63, 3.8) is 0 Å². The zero-order chi connectivity index (χ0) is 16.1. The minimum atomic E-state index is -0.441. The van der Waals surface area contributed by atoms with Gasteiger partial charge in [0.05, 0.1) is 0 Å². The second-order valence-electron chi connectivity index (χ2n) is 6.76. The van der Waals surface area contributed by atoms with Gasteiger partial charge in [-0.1, -0.05) is 26.0 Å². The van der Waals surface area contributed by atoms with Gasteiger partial charge in [-0.05, 0) is 37.1 Å². The molecule has 1 atom stereocenters. The molecule has 0 unspecified atom stereocenters. The van der Waals surface area contributed by atoms with Crippen LogP contribution >= 0.6 is 0 Å². The topological polar surface area (TPSA) is 35.9 Å². The maximum atomic E-state index is 10.2. The van der Waals surface area contributed by atoms with Gasteiger partial charge in [-0.2, -0.15) is 0 Å². The summed E-state index contributed by atoms with van der Waals surface area (Å²) in [7, 11) is 2.14. The summed E-state index contributed by atoms with van der Waals surface area (Å²) >= 11 is 0. The van der Waals surface area contributed by atoms with Crippen LogP contribution in [-0.2, 0) is 0 Å². The second-order valence-corrected chi connectivity index (χ2v) is 6.76. The van der Waals surface area contributed by atoms with Crippen molar-refractivity contribution in [2.45, 2.75) is 32.8 Å². The fourth-order valence-electron chi connectivity index (χ4n) is 2.81. The van der Waals surface area contributed by atoms with Crippen LogP contribution in [0.15, 0.2) is 18.2 Å². The van der Waals surface area contributed by atoms with Crippen molar-refractivity contribution in [1.29, 1.82) is 0 Å². The molecule has 4 heteroatoms. The molecule has 0 amide bonds. The van der Waals surface area contributed by atoms with Crippen LogP contribution < -0.4 is 4.74 Å². The molecule has 1 aliphatic heterocycles. The highest BCUT2D eigenvalue weighted by Gasteiger charge is 2.18. The first-order valence-corrected chi connectivity index (χ1v) is 8.28. The predicted octanol–water partition coefficient (Wildman–Crippen LogP) is 2.11. The zero-order valence-corrected chi connectivity index (χ0v) is 14.4. The lowest BCUT2D eigenvalue weighted by molar-refractivity contribution is 0.0501. The second kappa shape index (κ2) is 7.95. The number of piperazine rings is 1. The number of aliphatic hydroxyl groups excluding tert-OH is 1. The van der Waals surface area contributed by atoms with E-state index >= 15 is 0 Å². The SMILES string of the molecule is Cc1ccc(C(C)C)c(OC[C@H](O)CN2CCN(C)CC2)c1. The number of hydrogen-bond donors (Lipinski definition) is 1. The van der Waals surface area contributed by atoms with Crippen molar-refractivity contribution >= 4 is 0 Å². The van der Waals surface area contributed by atoms with Crippen LogP contribution in [0, 0.1) is 6.92 Å². The van der Waals surface area contributed by atoms with Crippen LogP contribution in [0.25, 0.3) is 0 Å². The van der Waals surface area contributed by atoms with Gasteiger partial charge >= 0.3 is 0 Å². The smallest absolute Gasteiger partial charge is 0.123 e. The van der Waals surface area contributed by atoms with Crippen LogP contribution in [0.3, 0.4) is 0 Å². The van der Waals surface area contributed by atoms with E-state index in [1.165, 1.54) is 11.1 Å². The average Bonchev–Trinajstić information content (AvgIpc) is 2.47. The zero-order valence-electron chi connectivity index (χ0n) is 14.4. The Morgan fingerprint density at radius 2 is 1.86 bits per heavy atom. The Morgan fingerprint density at radius 1 is 1.18 bits per heavy atom. The van der Waals surface area contributed by atoms with Crippen molar-refractivity contribution in [2.75, 3.05) is 46.4 Å². The van der Waals surface area contributed by atoms with Crippen LogP contribution in [0.5, 0.6) is 5.75 Å². The first-order valence-electron chi connectivity index (χ1n) is 8.28. The number of nitrogens with zero attached hydrogens (tertiary/aromatic N) is 2. The fraction of sp³-hybridized carbons (Fsp3) is 0.667. The van der Waals surface area contributed by atoms with Crippen molar-refractivity contribution in [3.05, 3.63) is 29.3 Å². The number of aliphatic hydroxyl groups is 1. The van der Waals surface area contributed by atoms with Crippen LogP contribution in [0.4, 0.5) is 0 Å². The molecule has 2 rings (SSSR count). The number of aryl methyl sites for hydroxylation is 1. The van der Waals surface area contributed by atoms with Crippen molar-refractivity contribution in [2.24, 2.45) is 0 Å². The Bertz CT molecular complexity index is 468. The lowest BCUT2D eigenvalue weighted by Gasteiger charge is -2.33. The van der Waals surface area contributed by atoms with E-state index in [2.05, 4.69) is 55.8 Å². The van der Waals surface area contributed by atoms with Crippen molar-refractivity contribution in [3.8, 4) is 5.75 Å². The molecule has 0 aromatic heterocycles. The molecule has 1 N–H and O–H groups in total. The van der Waals surface area contributed by atoms with E-state index in [1.54, 1.807) is 0 Å². The van der Waals surface area contributed by atoms with Gasteiger partial charge in [0.2, 0.25) is 0 Å². The van der Waals surface area contributed by atoms with Gasteiger partial charge in [0.15, 0.2) is 0 Å². The minimum absolute atomic E-state index is 0.357. The summed E-state index contributed by atoms with van der Waals surface area (Å²) in [6, 6.07) is 6.31. The Hall–Kier alpha value is -1.10. The summed E-state index contributed by atoms with van der Waals surface area (Å²) < 4.78 is 5.92. The lowest BCUT2D eigenvalue weighted by atomic mass is 10.0. The molecular formula is C18H30N2O2.